The molecule has 0 spiro atoms. The van der Waals surface area contributed by atoms with Crippen molar-refractivity contribution in [3.8, 4) is 5.69 Å². The second kappa shape index (κ2) is 7.76. The van der Waals surface area contributed by atoms with E-state index >= 15 is 0 Å². The Morgan fingerprint density at radius 1 is 0.968 bits per heavy atom. The van der Waals surface area contributed by atoms with E-state index in [2.05, 4.69) is 51.0 Å². The molecule has 8 heteroatoms. The van der Waals surface area contributed by atoms with E-state index in [0.29, 0.717) is 29.0 Å². The first-order valence-corrected chi connectivity index (χ1v) is 10.8. The van der Waals surface area contributed by atoms with Crippen molar-refractivity contribution in [1.29, 1.82) is 0 Å². The number of rotatable bonds is 5. The Kier molecular flexibility index (Phi) is 4.92. The summed E-state index contributed by atoms with van der Waals surface area (Å²) in [6.07, 6.45) is 4.10. The Balaban J connectivity index is 1.31. The average Bonchev–Trinajstić information content (AvgIpc) is 3.49. The van der Waals surface area contributed by atoms with E-state index in [0.717, 1.165) is 55.5 Å². The van der Waals surface area contributed by atoms with Crippen LogP contribution in [0.15, 0.2) is 36.7 Å². The van der Waals surface area contributed by atoms with Crippen LogP contribution < -0.4 is 9.80 Å². The van der Waals surface area contributed by atoms with Crippen molar-refractivity contribution >= 4 is 17.8 Å². The van der Waals surface area contributed by atoms with Crippen molar-refractivity contribution < 1.29 is 4.79 Å². The summed E-state index contributed by atoms with van der Waals surface area (Å²) in [5, 5.41) is 8.29. The second-order valence-corrected chi connectivity index (χ2v) is 8.89. The van der Waals surface area contributed by atoms with Crippen LogP contribution in [0.5, 0.6) is 0 Å². The average molecular weight is 418 g/mol. The molecule has 0 saturated carbocycles. The maximum absolute atomic E-state index is 11.7. The van der Waals surface area contributed by atoms with Crippen LogP contribution in [-0.4, -0.2) is 57.4 Å². The minimum atomic E-state index is 0.322. The number of nitrogens with zero attached hydrogens (tertiary/aromatic N) is 7. The van der Waals surface area contributed by atoms with E-state index in [9.17, 15) is 4.79 Å². The van der Waals surface area contributed by atoms with Crippen molar-refractivity contribution in [2.45, 2.75) is 26.7 Å². The van der Waals surface area contributed by atoms with E-state index in [1.165, 1.54) is 4.80 Å². The van der Waals surface area contributed by atoms with Crippen LogP contribution in [-0.2, 0) is 0 Å². The molecule has 2 aliphatic rings. The lowest BCUT2D eigenvalue weighted by Gasteiger charge is -2.25. The number of aryl methyl sites for hydroxylation is 1. The number of carbonyl (C=O) groups excluding carboxylic acids is 1. The van der Waals surface area contributed by atoms with Crippen molar-refractivity contribution in [1.82, 2.24) is 25.0 Å². The Labute approximate surface area is 181 Å². The summed E-state index contributed by atoms with van der Waals surface area (Å²) in [6.45, 7) is 10.3. The van der Waals surface area contributed by atoms with Gasteiger partial charge in [-0.15, -0.1) is 0 Å². The zero-order valence-corrected chi connectivity index (χ0v) is 18.1. The molecule has 2 atom stereocenters. The summed E-state index contributed by atoms with van der Waals surface area (Å²) in [5.41, 5.74) is 3.42. The standard InChI is InChI=1S/C23H27N7O/c1-15(2)23-26-16(3)8-22(27-23)29-12-18-10-28(11-19(18)13-29)20-4-5-21(17(9-20)14-31)30-24-6-7-25-30/h4-9,14-15,18-19H,10-13H2,1-3H3. The first kappa shape index (κ1) is 19.7. The van der Waals surface area contributed by atoms with E-state index in [1.807, 2.05) is 19.1 Å². The van der Waals surface area contributed by atoms with Gasteiger partial charge in [0, 0.05) is 66.9 Å². The largest absolute Gasteiger partial charge is 0.371 e. The molecule has 0 bridgehead atoms. The van der Waals surface area contributed by atoms with Gasteiger partial charge < -0.3 is 9.80 Å². The molecule has 2 fully saturated rings. The van der Waals surface area contributed by atoms with Crippen LogP contribution in [0.1, 0.15) is 41.6 Å². The SMILES string of the molecule is Cc1cc(N2CC3CN(c4ccc(-n5nccn5)c(C=O)c4)CC3C2)nc(C(C)C)n1. The predicted molar refractivity (Wildman–Crippen MR) is 119 cm³/mol. The lowest BCUT2D eigenvalue weighted by Crippen LogP contribution is -2.29. The predicted octanol–water partition coefficient (Wildman–Crippen LogP) is 2.87. The molecule has 2 saturated heterocycles. The summed E-state index contributed by atoms with van der Waals surface area (Å²) in [4.78, 5) is 27.4. The molecule has 3 aromatic rings. The number of aromatic nitrogens is 5. The van der Waals surface area contributed by atoms with Crippen molar-refractivity contribution in [2.75, 3.05) is 36.0 Å². The van der Waals surface area contributed by atoms with Gasteiger partial charge in [-0.1, -0.05) is 13.8 Å². The lowest BCUT2D eigenvalue weighted by molar-refractivity contribution is 0.112. The van der Waals surface area contributed by atoms with E-state index in [4.69, 9.17) is 4.98 Å². The molecule has 31 heavy (non-hydrogen) atoms. The maximum atomic E-state index is 11.7. The monoisotopic (exact) mass is 417 g/mol. The van der Waals surface area contributed by atoms with Gasteiger partial charge >= 0.3 is 0 Å². The zero-order chi connectivity index (χ0) is 21.5. The molecule has 1 aromatic carbocycles. The molecular weight excluding hydrogens is 390 g/mol. The third-order valence-corrected chi connectivity index (χ3v) is 6.32. The molecule has 8 nitrogen and oxygen atoms in total. The Morgan fingerprint density at radius 2 is 1.65 bits per heavy atom. The Morgan fingerprint density at radius 3 is 2.29 bits per heavy atom. The van der Waals surface area contributed by atoms with Crippen molar-refractivity contribution in [3.05, 3.63) is 53.7 Å². The van der Waals surface area contributed by atoms with E-state index in [-0.39, 0.29) is 0 Å². The maximum Gasteiger partial charge on any atom is 0.152 e. The molecule has 0 amide bonds. The van der Waals surface area contributed by atoms with Gasteiger partial charge in [0.1, 0.15) is 11.6 Å². The van der Waals surface area contributed by atoms with Gasteiger partial charge in [-0.25, -0.2) is 9.97 Å². The van der Waals surface area contributed by atoms with Crippen LogP contribution >= 0.6 is 0 Å². The third-order valence-electron chi connectivity index (χ3n) is 6.32. The minimum Gasteiger partial charge on any atom is -0.371 e. The van der Waals surface area contributed by atoms with Gasteiger partial charge in [0.05, 0.1) is 18.1 Å². The molecule has 0 radical (unpaired) electrons. The summed E-state index contributed by atoms with van der Waals surface area (Å²) in [5.74, 6) is 3.47. The summed E-state index contributed by atoms with van der Waals surface area (Å²) < 4.78 is 0. The van der Waals surface area contributed by atoms with Crippen LogP contribution in [0.3, 0.4) is 0 Å². The van der Waals surface area contributed by atoms with E-state index < -0.39 is 0 Å². The Hall–Kier alpha value is -3.29. The molecule has 0 N–H and O–H groups in total. The molecule has 2 aromatic heterocycles. The van der Waals surface area contributed by atoms with Crippen LogP contribution in [0, 0.1) is 18.8 Å². The fourth-order valence-corrected chi connectivity index (χ4v) is 4.74. The number of hydrogen-bond acceptors (Lipinski definition) is 7. The number of hydrogen-bond donors (Lipinski definition) is 0. The first-order chi connectivity index (χ1) is 15.0. The van der Waals surface area contributed by atoms with Gasteiger partial charge in [-0.05, 0) is 25.1 Å². The molecule has 2 aliphatic heterocycles. The number of carbonyl (C=O) groups is 1. The summed E-state index contributed by atoms with van der Waals surface area (Å²) in [7, 11) is 0. The highest BCUT2D eigenvalue weighted by Crippen LogP contribution is 2.36. The summed E-state index contributed by atoms with van der Waals surface area (Å²) in [6, 6.07) is 8.04. The summed E-state index contributed by atoms with van der Waals surface area (Å²) >= 11 is 0. The molecular formula is C23H27N7O. The van der Waals surface area contributed by atoms with Gasteiger partial charge in [0.2, 0.25) is 0 Å². The minimum absolute atomic E-state index is 0.322. The quantitative estimate of drug-likeness (QED) is 0.591. The van der Waals surface area contributed by atoms with Crippen molar-refractivity contribution in [3.63, 3.8) is 0 Å². The van der Waals surface area contributed by atoms with Crippen LogP contribution in [0.25, 0.3) is 5.69 Å². The van der Waals surface area contributed by atoms with Gasteiger partial charge in [0.15, 0.2) is 6.29 Å². The fraction of sp³-hybridized carbons (Fsp3) is 0.435. The highest BCUT2D eigenvalue weighted by molar-refractivity contribution is 5.83. The number of anilines is 2. The van der Waals surface area contributed by atoms with E-state index in [1.54, 1.807) is 12.4 Å². The number of benzene rings is 1. The van der Waals surface area contributed by atoms with Crippen molar-refractivity contribution in [2.24, 2.45) is 11.8 Å². The zero-order valence-electron chi connectivity index (χ0n) is 18.1. The topological polar surface area (TPSA) is 80.0 Å². The lowest BCUT2D eigenvalue weighted by atomic mass is 10.0. The van der Waals surface area contributed by atoms with Crippen LogP contribution in [0.4, 0.5) is 11.5 Å². The highest BCUT2D eigenvalue weighted by atomic mass is 16.1. The van der Waals surface area contributed by atoms with Gasteiger partial charge in [0.25, 0.3) is 0 Å². The first-order valence-electron chi connectivity index (χ1n) is 10.8. The normalized spacial score (nSPS) is 20.5. The smallest absolute Gasteiger partial charge is 0.152 e. The molecule has 2 unspecified atom stereocenters. The molecule has 160 valence electrons. The number of fused-ring (bicyclic) bond motifs is 1. The van der Waals surface area contributed by atoms with Crippen LogP contribution in [0.2, 0.25) is 0 Å². The van der Waals surface area contributed by atoms with Gasteiger partial charge in [-0.3, -0.25) is 4.79 Å². The Bertz CT molecular complexity index is 1080. The molecule has 4 heterocycles. The molecule has 0 aliphatic carbocycles. The third kappa shape index (κ3) is 3.66. The van der Waals surface area contributed by atoms with Gasteiger partial charge in [-0.2, -0.15) is 15.0 Å². The molecule has 5 rings (SSSR count). The highest BCUT2D eigenvalue weighted by Gasteiger charge is 2.40. The second-order valence-electron chi connectivity index (χ2n) is 8.89. The number of aldehydes is 1. The fourth-order valence-electron chi connectivity index (χ4n) is 4.74.